The molecular weight excluding hydrogens is 372 g/mol. The predicted octanol–water partition coefficient (Wildman–Crippen LogP) is 2.00. The van der Waals surface area contributed by atoms with Crippen molar-refractivity contribution in [3.63, 3.8) is 0 Å². The topological polar surface area (TPSA) is 80.1 Å². The number of hydrogen-bond donors (Lipinski definition) is 1. The molecule has 1 aliphatic heterocycles. The molecule has 8 heteroatoms. The number of nitrogens with one attached hydrogen (secondary N) is 1. The summed E-state index contributed by atoms with van der Waals surface area (Å²) in [5.41, 5.74) is 1.85. The summed E-state index contributed by atoms with van der Waals surface area (Å²) in [6.07, 6.45) is 0. The van der Waals surface area contributed by atoms with Gasteiger partial charge in [0.1, 0.15) is 17.3 Å². The van der Waals surface area contributed by atoms with Crippen molar-refractivity contribution in [2.45, 2.75) is 26.4 Å². The summed E-state index contributed by atoms with van der Waals surface area (Å²) in [4.78, 5) is 17.1. The summed E-state index contributed by atoms with van der Waals surface area (Å²) < 4.78 is 15.8. The molecule has 29 heavy (non-hydrogen) atoms. The highest BCUT2D eigenvalue weighted by Crippen LogP contribution is 2.29. The summed E-state index contributed by atoms with van der Waals surface area (Å²) in [6.45, 7) is 8.51. The van der Waals surface area contributed by atoms with Gasteiger partial charge in [-0.2, -0.15) is 0 Å². The first-order valence-electron chi connectivity index (χ1n) is 9.86. The zero-order chi connectivity index (χ0) is 20.8. The van der Waals surface area contributed by atoms with E-state index < -0.39 is 0 Å². The quantitative estimate of drug-likeness (QED) is 0.723. The van der Waals surface area contributed by atoms with E-state index in [4.69, 9.17) is 14.0 Å². The number of piperazine rings is 1. The van der Waals surface area contributed by atoms with Crippen LogP contribution < -0.4 is 14.8 Å². The van der Waals surface area contributed by atoms with Crippen molar-refractivity contribution >= 4 is 5.91 Å². The molecule has 0 saturated carbocycles. The average molecular weight is 402 g/mol. The van der Waals surface area contributed by atoms with E-state index in [1.54, 1.807) is 14.2 Å². The second-order valence-corrected chi connectivity index (χ2v) is 7.38. The fourth-order valence-electron chi connectivity index (χ4n) is 3.57. The van der Waals surface area contributed by atoms with Crippen molar-refractivity contribution in [1.82, 2.24) is 20.3 Å². The largest absolute Gasteiger partial charge is 0.497 e. The van der Waals surface area contributed by atoms with Crippen LogP contribution in [0.1, 0.15) is 30.0 Å². The molecule has 1 saturated heterocycles. The van der Waals surface area contributed by atoms with Gasteiger partial charge in [0.05, 0.1) is 32.5 Å². The summed E-state index contributed by atoms with van der Waals surface area (Å²) in [5, 5.41) is 7.12. The maximum absolute atomic E-state index is 12.6. The van der Waals surface area contributed by atoms with Gasteiger partial charge in [0.15, 0.2) is 0 Å². The SMILES string of the molecule is COc1ccc(OC)c(C(C)NC(=O)CN2CCN(Cc3cc(C)on3)CC2)c1. The smallest absolute Gasteiger partial charge is 0.234 e. The summed E-state index contributed by atoms with van der Waals surface area (Å²) in [6, 6.07) is 7.38. The van der Waals surface area contributed by atoms with Crippen LogP contribution in [0.5, 0.6) is 11.5 Å². The van der Waals surface area contributed by atoms with E-state index in [1.165, 1.54) is 0 Å². The lowest BCUT2D eigenvalue weighted by Gasteiger charge is -2.34. The van der Waals surface area contributed by atoms with Crippen LogP contribution in [-0.4, -0.2) is 67.8 Å². The number of nitrogens with zero attached hydrogens (tertiary/aromatic N) is 3. The first-order chi connectivity index (χ1) is 14.0. The van der Waals surface area contributed by atoms with Crippen molar-refractivity contribution in [2.24, 2.45) is 0 Å². The van der Waals surface area contributed by atoms with Crippen LogP contribution in [0.15, 0.2) is 28.8 Å². The van der Waals surface area contributed by atoms with Crippen molar-refractivity contribution in [2.75, 3.05) is 46.9 Å². The molecule has 2 heterocycles. The van der Waals surface area contributed by atoms with Crippen molar-refractivity contribution in [1.29, 1.82) is 0 Å². The van der Waals surface area contributed by atoms with E-state index in [-0.39, 0.29) is 11.9 Å². The van der Waals surface area contributed by atoms with E-state index in [0.717, 1.165) is 61.2 Å². The molecule has 3 rings (SSSR count). The number of carbonyl (C=O) groups excluding carboxylic acids is 1. The van der Waals surface area contributed by atoms with Crippen LogP contribution in [0.25, 0.3) is 0 Å². The third kappa shape index (κ3) is 5.71. The Kier molecular flexibility index (Phi) is 7.11. The van der Waals surface area contributed by atoms with Gasteiger partial charge in [-0.05, 0) is 32.0 Å². The highest BCUT2D eigenvalue weighted by molar-refractivity contribution is 5.78. The van der Waals surface area contributed by atoms with Gasteiger partial charge < -0.3 is 19.3 Å². The molecular formula is C21H30N4O4. The molecule has 1 unspecified atom stereocenters. The minimum Gasteiger partial charge on any atom is -0.497 e. The van der Waals surface area contributed by atoms with Crippen LogP contribution in [0.2, 0.25) is 0 Å². The Hall–Kier alpha value is -2.58. The molecule has 1 aliphatic rings. The Bertz CT molecular complexity index is 815. The Labute approximate surface area is 171 Å². The molecule has 158 valence electrons. The van der Waals surface area contributed by atoms with Crippen molar-refractivity contribution in [3.8, 4) is 11.5 Å². The van der Waals surface area contributed by atoms with E-state index in [9.17, 15) is 4.79 Å². The maximum atomic E-state index is 12.6. The van der Waals surface area contributed by atoms with Crippen LogP contribution in [0.3, 0.4) is 0 Å². The minimum absolute atomic E-state index is 0.00273. The van der Waals surface area contributed by atoms with E-state index in [0.29, 0.717) is 6.54 Å². The van der Waals surface area contributed by atoms with E-state index in [1.807, 2.05) is 38.1 Å². The van der Waals surface area contributed by atoms with Crippen LogP contribution in [0, 0.1) is 6.92 Å². The molecule has 1 N–H and O–H groups in total. The second kappa shape index (κ2) is 9.76. The highest BCUT2D eigenvalue weighted by atomic mass is 16.5. The number of hydrogen-bond acceptors (Lipinski definition) is 7. The maximum Gasteiger partial charge on any atom is 0.234 e. The molecule has 1 fully saturated rings. The lowest BCUT2D eigenvalue weighted by Crippen LogP contribution is -2.49. The molecule has 1 atom stereocenters. The zero-order valence-electron chi connectivity index (χ0n) is 17.6. The Morgan fingerprint density at radius 3 is 2.52 bits per heavy atom. The first kappa shape index (κ1) is 21.1. The minimum atomic E-state index is -0.177. The Morgan fingerprint density at radius 2 is 1.90 bits per heavy atom. The molecule has 0 radical (unpaired) electrons. The van der Waals surface area contributed by atoms with Gasteiger partial charge >= 0.3 is 0 Å². The van der Waals surface area contributed by atoms with Gasteiger partial charge in [0.2, 0.25) is 5.91 Å². The zero-order valence-corrected chi connectivity index (χ0v) is 17.6. The number of methoxy groups -OCH3 is 2. The first-order valence-corrected chi connectivity index (χ1v) is 9.86. The molecule has 1 aromatic heterocycles. The van der Waals surface area contributed by atoms with E-state index >= 15 is 0 Å². The van der Waals surface area contributed by atoms with Gasteiger partial charge in [-0.3, -0.25) is 14.6 Å². The highest BCUT2D eigenvalue weighted by Gasteiger charge is 2.21. The molecule has 0 spiro atoms. The third-order valence-corrected chi connectivity index (χ3v) is 5.18. The van der Waals surface area contributed by atoms with Gasteiger partial charge in [-0.25, -0.2) is 0 Å². The molecule has 8 nitrogen and oxygen atoms in total. The lowest BCUT2D eigenvalue weighted by molar-refractivity contribution is -0.123. The summed E-state index contributed by atoms with van der Waals surface area (Å²) in [5.74, 6) is 2.30. The predicted molar refractivity (Wildman–Crippen MR) is 109 cm³/mol. The molecule has 1 amide bonds. The van der Waals surface area contributed by atoms with Gasteiger partial charge in [0, 0.05) is 44.4 Å². The second-order valence-electron chi connectivity index (χ2n) is 7.38. The number of carbonyl (C=O) groups is 1. The number of aromatic nitrogens is 1. The number of ether oxygens (including phenoxy) is 2. The summed E-state index contributed by atoms with van der Waals surface area (Å²) >= 11 is 0. The number of aryl methyl sites for hydroxylation is 1. The Morgan fingerprint density at radius 1 is 1.17 bits per heavy atom. The molecule has 0 bridgehead atoms. The van der Waals surface area contributed by atoms with Crippen molar-refractivity contribution < 1.29 is 18.8 Å². The summed E-state index contributed by atoms with van der Waals surface area (Å²) in [7, 11) is 3.25. The van der Waals surface area contributed by atoms with Crippen LogP contribution in [0.4, 0.5) is 0 Å². The number of amides is 1. The van der Waals surface area contributed by atoms with Crippen molar-refractivity contribution in [3.05, 3.63) is 41.3 Å². The lowest BCUT2D eigenvalue weighted by atomic mass is 10.1. The van der Waals surface area contributed by atoms with Crippen LogP contribution >= 0.6 is 0 Å². The molecule has 2 aromatic rings. The van der Waals surface area contributed by atoms with Gasteiger partial charge in [-0.15, -0.1) is 0 Å². The normalized spacial score (nSPS) is 16.4. The fourth-order valence-corrected chi connectivity index (χ4v) is 3.57. The number of benzene rings is 1. The monoisotopic (exact) mass is 402 g/mol. The standard InChI is InChI=1S/C21H30N4O4/c1-15-11-17(23-29-15)13-24-7-9-25(10-8-24)14-21(26)22-16(2)19-12-18(27-3)5-6-20(19)28-4/h5-6,11-12,16H,7-10,13-14H2,1-4H3,(H,22,26). The number of rotatable bonds is 8. The van der Waals surface area contributed by atoms with Crippen LogP contribution in [-0.2, 0) is 11.3 Å². The molecule has 1 aromatic carbocycles. The molecule has 0 aliphatic carbocycles. The third-order valence-electron chi connectivity index (χ3n) is 5.18. The Balaban J connectivity index is 1.47. The van der Waals surface area contributed by atoms with Gasteiger partial charge in [0.25, 0.3) is 0 Å². The fraction of sp³-hybridized carbons (Fsp3) is 0.524. The van der Waals surface area contributed by atoms with E-state index in [2.05, 4.69) is 20.3 Å². The average Bonchev–Trinajstić information content (AvgIpc) is 3.13. The van der Waals surface area contributed by atoms with Gasteiger partial charge in [-0.1, -0.05) is 5.16 Å².